The summed E-state index contributed by atoms with van der Waals surface area (Å²) in [6, 6.07) is 1.81. The fraction of sp³-hybridized carbons (Fsp3) is 0.286. The highest BCUT2D eigenvalue weighted by Crippen LogP contribution is 2.32. The van der Waals surface area contributed by atoms with Crippen molar-refractivity contribution >= 4 is 27.4 Å². The van der Waals surface area contributed by atoms with Crippen LogP contribution in [0.2, 0.25) is 0 Å². The molecule has 0 saturated heterocycles. The van der Waals surface area contributed by atoms with Crippen molar-refractivity contribution in [3.8, 4) is 0 Å². The van der Waals surface area contributed by atoms with E-state index in [-0.39, 0.29) is 5.78 Å². The van der Waals surface area contributed by atoms with Crippen LogP contribution in [0.5, 0.6) is 0 Å². The smallest absolute Gasteiger partial charge is 0.219 e. The van der Waals surface area contributed by atoms with Gasteiger partial charge in [-0.15, -0.1) is 0 Å². The first-order chi connectivity index (χ1) is 5.18. The normalized spacial score (nSPS) is 15.8. The molecular formula is C7H6BrNO2. The van der Waals surface area contributed by atoms with E-state index in [1.54, 1.807) is 6.07 Å². The highest BCUT2D eigenvalue weighted by Gasteiger charge is 2.28. The Morgan fingerprint density at radius 3 is 3.09 bits per heavy atom. The maximum Gasteiger partial charge on any atom is 0.219 e. The van der Waals surface area contributed by atoms with Crippen molar-refractivity contribution in [3.05, 3.63) is 16.5 Å². The van der Waals surface area contributed by atoms with Gasteiger partial charge in [-0.05, 0) is 15.9 Å². The molecule has 0 unspecified atom stereocenters. The number of rotatable bonds is 0. The molecule has 11 heavy (non-hydrogen) atoms. The number of ketones is 1. The van der Waals surface area contributed by atoms with Crippen LogP contribution < -0.4 is 4.90 Å². The van der Waals surface area contributed by atoms with Gasteiger partial charge in [0.1, 0.15) is 0 Å². The van der Waals surface area contributed by atoms with Gasteiger partial charge in [0.2, 0.25) is 5.78 Å². The van der Waals surface area contributed by atoms with Crippen LogP contribution in [0.25, 0.3) is 0 Å². The molecule has 2 heterocycles. The van der Waals surface area contributed by atoms with Crippen LogP contribution >= 0.6 is 15.9 Å². The monoisotopic (exact) mass is 215 g/mol. The maximum atomic E-state index is 11.1. The number of furan rings is 1. The van der Waals surface area contributed by atoms with E-state index in [1.165, 1.54) is 0 Å². The largest absolute Gasteiger partial charge is 0.444 e. The van der Waals surface area contributed by atoms with Crippen LogP contribution in [0.3, 0.4) is 0 Å². The van der Waals surface area contributed by atoms with E-state index >= 15 is 0 Å². The quantitative estimate of drug-likeness (QED) is 0.661. The third kappa shape index (κ3) is 0.894. The summed E-state index contributed by atoms with van der Waals surface area (Å²) in [5.74, 6) is 0.521. The zero-order valence-corrected chi connectivity index (χ0v) is 7.51. The van der Waals surface area contributed by atoms with E-state index in [0.717, 1.165) is 5.69 Å². The molecule has 3 nitrogen and oxygen atoms in total. The molecule has 2 rings (SSSR count). The zero-order valence-electron chi connectivity index (χ0n) is 5.93. The summed E-state index contributed by atoms with van der Waals surface area (Å²) in [4.78, 5) is 13.0. The van der Waals surface area contributed by atoms with Gasteiger partial charge in [0.05, 0.1) is 12.2 Å². The van der Waals surface area contributed by atoms with Crippen molar-refractivity contribution < 1.29 is 9.21 Å². The molecule has 0 radical (unpaired) electrons. The van der Waals surface area contributed by atoms with Crippen molar-refractivity contribution in [1.29, 1.82) is 0 Å². The molecule has 0 atom stereocenters. The average Bonchev–Trinajstić information content (AvgIpc) is 2.38. The molecule has 1 aliphatic heterocycles. The van der Waals surface area contributed by atoms with E-state index in [0.29, 0.717) is 17.0 Å². The minimum atomic E-state index is 0.0493. The van der Waals surface area contributed by atoms with Crippen LogP contribution in [0.1, 0.15) is 10.6 Å². The Kier molecular flexibility index (Phi) is 1.32. The van der Waals surface area contributed by atoms with Gasteiger partial charge in [0, 0.05) is 13.1 Å². The molecule has 4 heteroatoms. The third-order valence-corrected chi connectivity index (χ3v) is 2.12. The molecule has 0 aliphatic carbocycles. The molecule has 0 fully saturated rings. The molecule has 0 spiro atoms. The van der Waals surface area contributed by atoms with Crippen molar-refractivity contribution in [2.75, 3.05) is 18.5 Å². The highest BCUT2D eigenvalue weighted by molar-refractivity contribution is 9.10. The fourth-order valence-electron chi connectivity index (χ4n) is 1.21. The zero-order chi connectivity index (χ0) is 8.01. The predicted molar refractivity (Wildman–Crippen MR) is 44.0 cm³/mol. The number of anilines is 1. The molecule has 1 aliphatic rings. The number of carbonyl (C=O) groups is 1. The summed E-state index contributed by atoms with van der Waals surface area (Å²) in [7, 11) is 1.87. The number of fused-ring (bicyclic) bond motifs is 1. The lowest BCUT2D eigenvalue weighted by atomic mass is 10.3. The van der Waals surface area contributed by atoms with E-state index in [4.69, 9.17) is 4.42 Å². The Balaban J connectivity index is 2.58. The first kappa shape index (κ1) is 6.91. The maximum absolute atomic E-state index is 11.1. The highest BCUT2D eigenvalue weighted by atomic mass is 79.9. The Bertz CT molecular complexity index is 318. The van der Waals surface area contributed by atoms with Crippen LogP contribution in [0.4, 0.5) is 5.69 Å². The van der Waals surface area contributed by atoms with Crippen LogP contribution in [-0.4, -0.2) is 19.4 Å². The van der Waals surface area contributed by atoms with Gasteiger partial charge >= 0.3 is 0 Å². The Labute approximate surface area is 72.1 Å². The fourth-order valence-corrected chi connectivity index (χ4v) is 1.59. The lowest BCUT2D eigenvalue weighted by Crippen LogP contribution is -2.15. The summed E-state index contributed by atoms with van der Waals surface area (Å²) in [5.41, 5.74) is 0.877. The van der Waals surface area contributed by atoms with Crippen molar-refractivity contribution in [3.63, 3.8) is 0 Å². The summed E-state index contributed by atoms with van der Waals surface area (Å²) in [5, 5.41) is 0. The molecule has 58 valence electrons. The second-order valence-corrected chi connectivity index (χ2v) is 3.33. The van der Waals surface area contributed by atoms with Gasteiger partial charge in [0.25, 0.3) is 0 Å². The number of halogens is 1. The third-order valence-electron chi connectivity index (χ3n) is 1.73. The van der Waals surface area contributed by atoms with Crippen molar-refractivity contribution in [1.82, 2.24) is 0 Å². The van der Waals surface area contributed by atoms with Crippen LogP contribution in [0, 0.1) is 0 Å². The summed E-state index contributed by atoms with van der Waals surface area (Å²) < 4.78 is 5.75. The molecule has 1 aromatic heterocycles. The van der Waals surface area contributed by atoms with Crippen molar-refractivity contribution in [2.24, 2.45) is 0 Å². The van der Waals surface area contributed by atoms with Gasteiger partial charge in [0.15, 0.2) is 10.4 Å². The first-order valence-corrected chi connectivity index (χ1v) is 4.01. The van der Waals surface area contributed by atoms with E-state index < -0.39 is 0 Å². The van der Waals surface area contributed by atoms with Gasteiger partial charge in [-0.25, -0.2) is 0 Å². The SMILES string of the molecule is CN1CC(=O)c2oc(Br)cc21. The molecule has 1 aromatic rings. The van der Waals surface area contributed by atoms with Gasteiger partial charge < -0.3 is 9.32 Å². The molecule has 0 saturated carbocycles. The Hall–Kier alpha value is -0.770. The van der Waals surface area contributed by atoms with Crippen molar-refractivity contribution in [2.45, 2.75) is 0 Å². The second kappa shape index (κ2) is 2.11. The van der Waals surface area contributed by atoms with Crippen LogP contribution in [0.15, 0.2) is 15.2 Å². The topological polar surface area (TPSA) is 33.5 Å². The summed E-state index contributed by atoms with van der Waals surface area (Å²) >= 11 is 3.17. The Morgan fingerprint density at radius 1 is 1.73 bits per heavy atom. The first-order valence-electron chi connectivity index (χ1n) is 3.22. The van der Waals surface area contributed by atoms with E-state index in [9.17, 15) is 4.79 Å². The lowest BCUT2D eigenvalue weighted by Gasteiger charge is -2.05. The standard InChI is InChI=1S/C7H6BrNO2/c1-9-3-5(10)7-4(9)2-6(8)11-7/h2H,3H2,1H3. The summed E-state index contributed by atoms with van der Waals surface area (Å²) in [6.07, 6.45) is 0. The average molecular weight is 216 g/mol. The minimum Gasteiger partial charge on any atom is -0.444 e. The number of likely N-dealkylation sites (N-methyl/N-ethyl adjacent to an activating group) is 1. The molecule has 0 aromatic carbocycles. The number of carbonyl (C=O) groups excluding carboxylic acids is 1. The van der Waals surface area contributed by atoms with Gasteiger partial charge in [-0.2, -0.15) is 0 Å². The lowest BCUT2D eigenvalue weighted by molar-refractivity contribution is 0.0984. The van der Waals surface area contributed by atoms with Gasteiger partial charge in [-0.1, -0.05) is 0 Å². The van der Waals surface area contributed by atoms with E-state index in [1.807, 2.05) is 11.9 Å². The summed E-state index contributed by atoms with van der Waals surface area (Å²) in [6.45, 7) is 0.432. The molecule has 0 amide bonds. The molecule has 0 N–H and O–H groups in total. The van der Waals surface area contributed by atoms with E-state index in [2.05, 4.69) is 15.9 Å². The van der Waals surface area contributed by atoms with Gasteiger partial charge in [-0.3, -0.25) is 4.79 Å². The number of nitrogens with zero attached hydrogens (tertiary/aromatic N) is 1. The molecular weight excluding hydrogens is 210 g/mol. The van der Waals surface area contributed by atoms with Crippen LogP contribution in [-0.2, 0) is 0 Å². The predicted octanol–water partition coefficient (Wildman–Crippen LogP) is 1.67. The number of hydrogen-bond acceptors (Lipinski definition) is 3. The second-order valence-electron chi connectivity index (χ2n) is 2.54. The number of hydrogen-bond donors (Lipinski definition) is 0. The number of Topliss-reactive ketones (excluding diaryl/α,β-unsaturated/α-hetero) is 1. The molecule has 0 bridgehead atoms. The Morgan fingerprint density at radius 2 is 2.45 bits per heavy atom. The minimum absolute atomic E-state index is 0.0493.